The quantitative estimate of drug-likeness (QED) is 0.442. The fourth-order valence-corrected chi connectivity index (χ4v) is 0.864. The Morgan fingerprint density at radius 2 is 2.00 bits per heavy atom. The van der Waals surface area contributed by atoms with Crippen LogP contribution in [0, 0.1) is 6.07 Å². The molecule has 8 heavy (non-hydrogen) atoms. The van der Waals surface area contributed by atoms with Crippen LogP contribution in [0.25, 0.3) is 0 Å². The summed E-state index contributed by atoms with van der Waals surface area (Å²) in [7, 11) is -2.35. The summed E-state index contributed by atoms with van der Waals surface area (Å²) in [6, 6.07) is 0.917. The Kier molecular flexibility index (Phi) is 9.73. The molecule has 0 saturated heterocycles. The summed E-state index contributed by atoms with van der Waals surface area (Å²) >= 11 is 4.97. The Balaban J connectivity index is 0. The largest absolute Gasteiger partial charge is 1.00 e. The van der Waals surface area contributed by atoms with E-state index < -0.39 is 7.37 Å². The van der Waals surface area contributed by atoms with Crippen LogP contribution in [0.4, 0.5) is 0 Å². The summed E-state index contributed by atoms with van der Waals surface area (Å²) in [5.41, 5.74) is 0. The third-order valence-corrected chi connectivity index (χ3v) is 1.12. The minimum Gasteiger partial charge on any atom is -0.491 e. The molecule has 2 nitrogen and oxygen atoms in total. The predicted octanol–water partition coefficient (Wildman–Crippen LogP) is -1.10. The van der Waals surface area contributed by atoms with Gasteiger partial charge < -0.3 is 16.1 Å². The monoisotopic (exact) mass is 226 g/mol. The molecule has 0 heterocycles. The first-order chi connectivity index (χ1) is 3.06. The van der Waals surface area contributed by atoms with Gasteiger partial charge >= 0.3 is 58.2 Å². The Bertz CT molecular complexity index is 91.3. The van der Waals surface area contributed by atoms with Gasteiger partial charge in [-0.3, -0.25) is 4.57 Å². The van der Waals surface area contributed by atoms with Gasteiger partial charge in [-0.1, -0.05) is 0 Å². The predicted molar refractivity (Wildman–Crippen MR) is 30.7 cm³/mol. The first-order valence-corrected chi connectivity index (χ1v) is 4.67. The molecule has 0 bridgehead atoms. The third kappa shape index (κ3) is 11.1. The number of halogens is 1. The van der Waals surface area contributed by atoms with Gasteiger partial charge in [0.25, 0.3) is 0 Å². The maximum atomic E-state index is 10.5. The zero-order valence-corrected chi connectivity index (χ0v) is 11.8. The van der Waals surface area contributed by atoms with Crippen molar-refractivity contribution in [2.45, 2.75) is 0 Å². The van der Waals surface area contributed by atoms with E-state index in [1.165, 1.54) is 13.3 Å². The fraction of sp³-hybridized carbons (Fsp3) is 0.667. The second-order valence-electron chi connectivity index (χ2n) is 1.45. The molecule has 0 fully saturated rings. The molecule has 0 saturated carbocycles. The molecule has 0 N–H and O–H groups in total. The molecule has 0 spiro atoms. The van der Waals surface area contributed by atoms with Crippen LogP contribution in [0.3, 0.4) is 0 Å². The molecular weight excluding hydrogens is 220 g/mol. The van der Waals surface area contributed by atoms with E-state index >= 15 is 0 Å². The number of hydrogen-bond acceptors (Lipinski definition) is 2. The second kappa shape index (κ2) is 6.03. The van der Waals surface area contributed by atoms with Gasteiger partial charge in [0.05, 0.1) is 0 Å². The van der Waals surface area contributed by atoms with Crippen molar-refractivity contribution < 1.29 is 67.3 Å². The van der Waals surface area contributed by atoms with E-state index in [-0.39, 0.29) is 58.2 Å². The average molecular weight is 227 g/mol. The topological polar surface area (TPSA) is 26.3 Å². The van der Waals surface area contributed by atoms with Crippen LogP contribution in [0.15, 0.2) is 0 Å². The van der Waals surface area contributed by atoms with Crippen molar-refractivity contribution in [1.29, 1.82) is 0 Å². The summed E-state index contributed by atoms with van der Waals surface area (Å²) in [5, 5.41) is 0. The van der Waals surface area contributed by atoms with Crippen molar-refractivity contribution in [3.63, 3.8) is 0 Å². The van der Waals surface area contributed by atoms with E-state index in [1.807, 2.05) is 0 Å². The van der Waals surface area contributed by atoms with Crippen molar-refractivity contribution >= 4 is 19.0 Å². The minimum atomic E-state index is -2.35. The van der Waals surface area contributed by atoms with Crippen LogP contribution in [0.1, 0.15) is 0 Å². The molecule has 0 aromatic rings. The molecule has 0 amide bonds. The van der Waals surface area contributed by atoms with Crippen molar-refractivity contribution in [2.75, 3.05) is 13.3 Å². The normalized spacial score (nSPS) is 10.4. The summed E-state index contributed by atoms with van der Waals surface area (Å²) in [6.07, 6.45) is 0. The maximum Gasteiger partial charge on any atom is 1.00 e. The molecule has 0 aliphatic carbocycles. The average Bonchev–Trinajstić information content (AvgIpc) is 1.30. The smallest absolute Gasteiger partial charge is 0.491 e. The van der Waals surface area contributed by atoms with Crippen LogP contribution in [0.5, 0.6) is 0 Å². The first-order valence-electron chi connectivity index (χ1n) is 1.71. The van der Waals surface area contributed by atoms with Crippen LogP contribution >= 0.6 is 19.0 Å². The van der Waals surface area contributed by atoms with Gasteiger partial charge in [-0.15, -0.1) is 6.07 Å². The van der Waals surface area contributed by atoms with Gasteiger partial charge in [-0.05, 0) is 0 Å². The zero-order chi connectivity index (χ0) is 5.91. The Morgan fingerprint density at radius 3 is 2.00 bits per heavy atom. The van der Waals surface area contributed by atoms with Gasteiger partial charge in [0.15, 0.2) is 7.37 Å². The molecule has 0 aliphatic rings. The molecule has 5 heteroatoms. The first kappa shape index (κ1) is 12.9. The van der Waals surface area contributed by atoms with E-state index in [2.05, 4.69) is 4.52 Å². The zero-order valence-electron chi connectivity index (χ0n) is 5.22. The van der Waals surface area contributed by atoms with Gasteiger partial charge in [0.2, 0.25) is 0 Å². The van der Waals surface area contributed by atoms with Crippen molar-refractivity contribution in [1.82, 2.24) is 0 Å². The summed E-state index contributed by atoms with van der Waals surface area (Å²) in [4.78, 5) is 0. The SMILES string of the molecule is CP(C)(=O)O[CH-]Cl.[Rb+]. The van der Waals surface area contributed by atoms with Crippen molar-refractivity contribution in [2.24, 2.45) is 0 Å². The molecule has 0 aromatic carbocycles. The van der Waals surface area contributed by atoms with E-state index in [0.717, 1.165) is 6.07 Å². The van der Waals surface area contributed by atoms with Crippen LogP contribution < -0.4 is 58.2 Å². The third-order valence-electron chi connectivity index (χ3n) is 0.294. The summed E-state index contributed by atoms with van der Waals surface area (Å²) in [6.45, 7) is 2.98. The standard InChI is InChI=1S/C3H7ClO2P.Rb/c1-7(2,5)6-3-4;/h3H,1-2H3;/q-1;+1. The molecule has 0 radical (unpaired) electrons. The van der Waals surface area contributed by atoms with Gasteiger partial charge in [0, 0.05) is 13.3 Å². The van der Waals surface area contributed by atoms with Gasteiger partial charge in [-0.2, -0.15) is 0 Å². The number of hydrogen-bond donors (Lipinski definition) is 0. The van der Waals surface area contributed by atoms with Crippen LogP contribution in [0.2, 0.25) is 0 Å². The molecule has 44 valence electrons. The molecule has 0 atom stereocenters. The fourth-order valence-electron chi connectivity index (χ4n) is 0.0959. The molecular formula is C3H7ClO2PRb. The van der Waals surface area contributed by atoms with Gasteiger partial charge in [0.1, 0.15) is 0 Å². The Morgan fingerprint density at radius 1 is 1.62 bits per heavy atom. The molecule has 0 aliphatic heterocycles. The Hall–Kier alpha value is 2.29. The van der Waals surface area contributed by atoms with Crippen LogP contribution in [-0.4, -0.2) is 13.3 Å². The number of rotatable bonds is 2. The maximum absolute atomic E-state index is 10.5. The Labute approximate surface area is 104 Å². The van der Waals surface area contributed by atoms with E-state index in [1.54, 1.807) is 0 Å². The van der Waals surface area contributed by atoms with Crippen molar-refractivity contribution in [3.8, 4) is 0 Å². The van der Waals surface area contributed by atoms with E-state index in [4.69, 9.17) is 11.6 Å². The summed E-state index contributed by atoms with van der Waals surface area (Å²) in [5.74, 6) is 0. The van der Waals surface area contributed by atoms with Crippen molar-refractivity contribution in [3.05, 3.63) is 6.07 Å². The summed E-state index contributed by atoms with van der Waals surface area (Å²) < 4.78 is 14.9. The van der Waals surface area contributed by atoms with Crippen LogP contribution in [-0.2, 0) is 9.09 Å². The molecule has 0 aromatic heterocycles. The molecule has 0 rings (SSSR count). The van der Waals surface area contributed by atoms with E-state index in [9.17, 15) is 4.57 Å². The van der Waals surface area contributed by atoms with E-state index in [0.29, 0.717) is 0 Å². The van der Waals surface area contributed by atoms with Gasteiger partial charge in [-0.25, -0.2) is 0 Å². The minimum absolute atomic E-state index is 0. The molecule has 0 unspecified atom stereocenters. The second-order valence-corrected chi connectivity index (χ2v) is 4.34.